The highest BCUT2D eigenvalue weighted by molar-refractivity contribution is 5.21. The van der Waals surface area contributed by atoms with Gasteiger partial charge >= 0.3 is 0 Å². The lowest BCUT2D eigenvalue weighted by atomic mass is 10.0. The molecule has 13 heavy (non-hydrogen) atoms. The van der Waals surface area contributed by atoms with E-state index in [2.05, 4.69) is 5.32 Å². The number of rotatable bonds is 3. The summed E-state index contributed by atoms with van der Waals surface area (Å²) in [5.41, 5.74) is 0.520. The molecule has 0 bridgehead atoms. The van der Waals surface area contributed by atoms with Crippen molar-refractivity contribution in [2.45, 2.75) is 19.4 Å². The van der Waals surface area contributed by atoms with Gasteiger partial charge in [0.1, 0.15) is 11.6 Å². The van der Waals surface area contributed by atoms with Gasteiger partial charge in [0.25, 0.3) is 0 Å². The van der Waals surface area contributed by atoms with Crippen molar-refractivity contribution in [2.24, 2.45) is 0 Å². The highest BCUT2D eigenvalue weighted by Crippen LogP contribution is 2.19. The van der Waals surface area contributed by atoms with Crippen molar-refractivity contribution in [1.82, 2.24) is 5.32 Å². The Morgan fingerprint density at radius 3 is 2.54 bits per heavy atom. The molecule has 1 nitrogen and oxygen atoms in total. The molecule has 0 saturated carbocycles. The lowest BCUT2D eigenvalue weighted by Gasteiger charge is -2.14. The summed E-state index contributed by atoms with van der Waals surface area (Å²) in [4.78, 5) is 0. The third-order valence-corrected chi connectivity index (χ3v) is 2.09. The van der Waals surface area contributed by atoms with Crippen molar-refractivity contribution in [3.63, 3.8) is 0 Å². The number of nitrogens with one attached hydrogen (secondary N) is 1. The summed E-state index contributed by atoms with van der Waals surface area (Å²) in [7, 11) is 1.76. The molecule has 1 unspecified atom stereocenters. The molecular formula is C10H13F2N. The van der Waals surface area contributed by atoms with Gasteiger partial charge in [-0.3, -0.25) is 0 Å². The lowest BCUT2D eigenvalue weighted by molar-refractivity contribution is 0.514. The average Bonchev–Trinajstić information content (AvgIpc) is 2.10. The normalized spacial score (nSPS) is 12.9. The molecule has 1 rings (SSSR count). The number of hydrogen-bond donors (Lipinski definition) is 1. The van der Waals surface area contributed by atoms with E-state index in [0.717, 1.165) is 12.5 Å². The van der Waals surface area contributed by atoms with Gasteiger partial charge in [0.2, 0.25) is 0 Å². The predicted octanol–water partition coefficient (Wildman–Crippen LogP) is 2.64. The second-order valence-electron chi connectivity index (χ2n) is 2.92. The molecule has 3 heteroatoms. The van der Waals surface area contributed by atoms with Gasteiger partial charge in [0.05, 0.1) is 0 Å². The maximum Gasteiger partial charge on any atom is 0.130 e. The highest BCUT2D eigenvalue weighted by Gasteiger charge is 2.11. The fourth-order valence-corrected chi connectivity index (χ4v) is 1.36. The van der Waals surface area contributed by atoms with Crippen LogP contribution in [0.4, 0.5) is 8.78 Å². The predicted molar refractivity (Wildman–Crippen MR) is 48.4 cm³/mol. The average molecular weight is 185 g/mol. The molecule has 0 spiro atoms. The van der Waals surface area contributed by atoms with Crippen molar-refractivity contribution >= 4 is 0 Å². The lowest BCUT2D eigenvalue weighted by Crippen LogP contribution is -2.16. The van der Waals surface area contributed by atoms with Gasteiger partial charge in [-0.2, -0.15) is 0 Å². The fraction of sp³-hybridized carbons (Fsp3) is 0.400. The van der Waals surface area contributed by atoms with Gasteiger partial charge in [-0.25, -0.2) is 8.78 Å². The molecule has 0 aliphatic rings. The Bertz CT molecular complexity index is 282. The standard InChI is InChI=1S/C10H13F2N/c1-3-10(13-2)8-5-4-7(11)6-9(8)12/h4-6,10,13H,3H2,1-2H3. The van der Waals surface area contributed by atoms with Gasteiger partial charge in [-0.05, 0) is 19.5 Å². The summed E-state index contributed by atoms with van der Waals surface area (Å²) in [6, 6.07) is 3.63. The van der Waals surface area contributed by atoms with Crippen LogP contribution in [-0.4, -0.2) is 7.05 Å². The van der Waals surface area contributed by atoms with Gasteiger partial charge in [0.15, 0.2) is 0 Å². The van der Waals surface area contributed by atoms with Crippen LogP contribution >= 0.6 is 0 Å². The quantitative estimate of drug-likeness (QED) is 0.763. The van der Waals surface area contributed by atoms with Crippen LogP contribution in [0.2, 0.25) is 0 Å². The van der Waals surface area contributed by atoms with Crippen molar-refractivity contribution in [3.05, 3.63) is 35.4 Å². The van der Waals surface area contributed by atoms with Crippen LogP contribution < -0.4 is 5.32 Å². The molecule has 0 radical (unpaired) electrons. The topological polar surface area (TPSA) is 12.0 Å². The molecule has 0 fully saturated rings. The van der Waals surface area contributed by atoms with Crippen molar-refractivity contribution in [1.29, 1.82) is 0 Å². The minimum atomic E-state index is -0.535. The summed E-state index contributed by atoms with van der Waals surface area (Å²) < 4.78 is 25.8. The summed E-state index contributed by atoms with van der Waals surface area (Å²) in [5.74, 6) is -1.02. The van der Waals surface area contributed by atoms with Crippen molar-refractivity contribution < 1.29 is 8.78 Å². The van der Waals surface area contributed by atoms with E-state index >= 15 is 0 Å². The second kappa shape index (κ2) is 4.33. The van der Waals surface area contributed by atoms with Crippen molar-refractivity contribution in [3.8, 4) is 0 Å². The molecule has 1 atom stereocenters. The maximum atomic E-state index is 13.2. The first-order valence-corrected chi connectivity index (χ1v) is 4.31. The summed E-state index contributed by atoms with van der Waals surface area (Å²) >= 11 is 0. The van der Waals surface area contributed by atoms with E-state index in [9.17, 15) is 8.78 Å². The molecule has 0 saturated heterocycles. The van der Waals surface area contributed by atoms with Gasteiger partial charge in [-0.15, -0.1) is 0 Å². The van der Waals surface area contributed by atoms with E-state index in [0.29, 0.717) is 5.56 Å². The van der Waals surface area contributed by atoms with Gasteiger partial charge in [0, 0.05) is 17.7 Å². The number of halogens is 2. The Morgan fingerprint density at radius 2 is 2.08 bits per heavy atom. The van der Waals surface area contributed by atoms with E-state index in [1.54, 1.807) is 7.05 Å². The zero-order valence-corrected chi connectivity index (χ0v) is 7.77. The second-order valence-corrected chi connectivity index (χ2v) is 2.92. The molecule has 0 heterocycles. The van der Waals surface area contributed by atoms with E-state index in [4.69, 9.17) is 0 Å². The molecule has 1 aromatic carbocycles. The smallest absolute Gasteiger partial charge is 0.130 e. The molecule has 72 valence electrons. The zero-order chi connectivity index (χ0) is 9.84. The summed E-state index contributed by atoms with van der Waals surface area (Å²) in [6.45, 7) is 1.95. The Balaban J connectivity index is 2.99. The molecule has 0 amide bonds. The first-order valence-electron chi connectivity index (χ1n) is 4.31. The molecule has 0 aliphatic heterocycles. The fourth-order valence-electron chi connectivity index (χ4n) is 1.36. The Hall–Kier alpha value is -0.960. The van der Waals surface area contributed by atoms with E-state index in [-0.39, 0.29) is 6.04 Å². The molecule has 1 aromatic rings. The van der Waals surface area contributed by atoms with Crippen LogP contribution in [0, 0.1) is 11.6 Å². The van der Waals surface area contributed by atoms with Crippen LogP contribution in [0.5, 0.6) is 0 Å². The third-order valence-electron chi connectivity index (χ3n) is 2.09. The van der Waals surface area contributed by atoms with Crippen molar-refractivity contribution in [2.75, 3.05) is 7.05 Å². The van der Waals surface area contributed by atoms with Crippen LogP contribution in [0.15, 0.2) is 18.2 Å². The largest absolute Gasteiger partial charge is 0.313 e. The van der Waals surface area contributed by atoms with E-state index in [1.807, 2.05) is 6.92 Å². The first kappa shape index (κ1) is 10.1. The Labute approximate surface area is 76.8 Å². The Kier molecular flexibility index (Phi) is 3.37. The molecular weight excluding hydrogens is 172 g/mol. The van der Waals surface area contributed by atoms with Gasteiger partial charge in [-0.1, -0.05) is 13.0 Å². The van der Waals surface area contributed by atoms with E-state index < -0.39 is 11.6 Å². The number of benzene rings is 1. The maximum absolute atomic E-state index is 13.2. The molecule has 0 aliphatic carbocycles. The first-order chi connectivity index (χ1) is 6.19. The third kappa shape index (κ3) is 2.25. The summed E-state index contributed by atoms with van der Waals surface area (Å²) in [6.07, 6.45) is 0.777. The zero-order valence-electron chi connectivity index (χ0n) is 7.77. The highest BCUT2D eigenvalue weighted by atomic mass is 19.1. The number of hydrogen-bond acceptors (Lipinski definition) is 1. The SMILES string of the molecule is CCC(NC)c1ccc(F)cc1F. The minimum Gasteiger partial charge on any atom is -0.313 e. The van der Waals surface area contributed by atoms with E-state index in [1.165, 1.54) is 12.1 Å². The molecule has 1 N–H and O–H groups in total. The van der Waals surface area contributed by atoms with Crippen LogP contribution in [0.1, 0.15) is 24.9 Å². The monoisotopic (exact) mass is 185 g/mol. The van der Waals surface area contributed by atoms with Crippen LogP contribution in [0.25, 0.3) is 0 Å². The summed E-state index contributed by atoms with van der Waals surface area (Å²) in [5, 5.41) is 2.97. The Morgan fingerprint density at radius 1 is 1.38 bits per heavy atom. The molecule has 0 aromatic heterocycles. The van der Waals surface area contributed by atoms with Gasteiger partial charge < -0.3 is 5.32 Å². The van der Waals surface area contributed by atoms with Crippen LogP contribution in [-0.2, 0) is 0 Å². The minimum absolute atomic E-state index is 0.0411. The van der Waals surface area contributed by atoms with Crippen LogP contribution in [0.3, 0.4) is 0 Å².